The fourth-order valence-electron chi connectivity index (χ4n) is 3.29. The second-order valence-corrected chi connectivity index (χ2v) is 6.36. The van der Waals surface area contributed by atoms with Crippen molar-refractivity contribution in [2.75, 3.05) is 31.5 Å². The third-order valence-electron chi connectivity index (χ3n) is 4.78. The Morgan fingerprint density at radius 3 is 2.90 bits per heavy atom. The van der Waals surface area contributed by atoms with Crippen LogP contribution in [0.25, 0.3) is 0 Å². The first-order valence-corrected chi connectivity index (χ1v) is 8.09. The lowest BCUT2D eigenvalue weighted by molar-refractivity contribution is 0.174. The topological polar surface area (TPSA) is 44.4 Å². The van der Waals surface area contributed by atoms with E-state index in [9.17, 15) is 4.79 Å². The van der Waals surface area contributed by atoms with E-state index in [1.807, 2.05) is 4.90 Å². The fraction of sp³-hybridized carbons (Fsp3) is 0.588. The summed E-state index contributed by atoms with van der Waals surface area (Å²) in [5.41, 5.74) is 2.64. The first-order chi connectivity index (χ1) is 10.2. The largest absolute Gasteiger partial charge is 0.384 e. The molecule has 3 rings (SSSR count). The summed E-state index contributed by atoms with van der Waals surface area (Å²) in [5.74, 6) is 1.28. The van der Waals surface area contributed by atoms with E-state index in [1.165, 1.54) is 11.3 Å². The molecule has 4 heteroatoms. The Balaban J connectivity index is 1.43. The van der Waals surface area contributed by atoms with Gasteiger partial charge in [0.25, 0.3) is 0 Å². The molecule has 2 N–H and O–H groups in total. The van der Waals surface area contributed by atoms with Gasteiger partial charge < -0.3 is 15.5 Å². The van der Waals surface area contributed by atoms with Gasteiger partial charge in [0.2, 0.25) is 0 Å². The van der Waals surface area contributed by atoms with Crippen LogP contribution in [0.4, 0.5) is 10.5 Å². The van der Waals surface area contributed by atoms with Gasteiger partial charge in [0.1, 0.15) is 0 Å². The van der Waals surface area contributed by atoms with Crippen molar-refractivity contribution in [1.82, 2.24) is 10.2 Å². The number of hydrogen-bond acceptors (Lipinski definition) is 2. The van der Waals surface area contributed by atoms with Gasteiger partial charge in [-0.15, -0.1) is 0 Å². The summed E-state index contributed by atoms with van der Waals surface area (Å²) in [7, 11) is 0. The first-order valence-electron chi connectivity index (χ1n) is 8.09. The number of carbonyl (C=O) groups excluding carboxylic acids is 1. The maximum atomic E-state index is 12.1. The van der Waals surface area contributed by atoms with E-state index >= 15 is 0 Å². The van der Waals surface area contributed by atoms with Crippen LogP contribution in [0.2, 0.25) is 0 Å². The van der Waals surface area contributed by atoms with Crippen LogP contribution in [0, 0.1) is 5.92 Å². The molecule has 2 aliphatic heterocycles. The zero-order chi connectivity index (χ0) is 14.7. The highest BCUT2D eigenvalue weighted by atomic mass is 16.2. The van der Waals surface area contributed by atoms with Crippen molar-refractivity contribution in [3.8, 4) is 0 Å². The number of likely N-dealkylation sites (tertiary alicyclic amines) is 1. The Hall–Kier alpha value is -1.71. The second-order valence-electron chi connectivity index (χ2n) is 6.36. The summed E-state index contributed by atoms with van der Waals surface area (Å²) < 4.78 is 0. The van der Waals surface area contributed by atoms with E-state index in [0.717, 1.165) is 51.4 Å². The quantitative estimate of drug-likeness (QED) is 0.897. The number of hydrogen-bond donors (Lipinski definition) is 2. The third-order valence-corrected chi connectivity index (χ3v) is 4.78. The molecule has 4 nitrogen and oxygen atoms in total. The SMILES string of the molecule is CC1CCN(C(=O)NCCC2CNc3ccccc32)CC1. The van der Waals surface area contributed by atoms with Gasteiger partial charge in [-0.2, -0.15) is 0 Å². The lowest BCUT2D eigenvalue weighted by Gasteiger charge is -2.30. The van der Waals surface area contributed by atoms with Gasteiger partial charge in [0.05, 0.1) is 0 Å². The molecule has 0 radical (unpaired) electrons. The number of benzene rings is 1. The zero-order valence-electron chi connectivity index (χ0n) is 12.8. The summed E-state index contributed by atoms with van der Waals surface area (Å²) >= 11 is 0. The molecule has 1 aromatic rings. The van der Waals surface area contributed by atoms with E-state index in [1.54, 1.807) is 0 Å². The van der Waals surface area contributed by atoms with Crippen LogP contribution < -0.4 is 10.6 Å². The van der Waals surface area contributed by atoms with Crippen molar-refractivity contribution >= 4 is 11.7 Å². The molecule has 0 aliphatic carbocycles. The molecule has 0 aromatic heterocycles. The van der Waals surface area contributed by atoms with Crippen LogP contribution >= 0.6 is 0 Å². The average molecular weight is 287 g/mol. The van der Waals surface area contributed by atoms with Gasteiger partial charge in [-0.3, -0.25) is 0 Å². The van der Waals surface area contributed by atoms with Gasteiger partial charge in [0.15, 0.2) is 0 Å². The van der Waals surface area contributed by atoms with Crippen LogP contribution in [-0.4, -0.2) is 37.1 Å². The Morgan fingerprint density at radius 2 is 2.10 bits per heavy atom. The van der Waals surface area contributed by atoms with E-state index < -0.39 is 0 Å². The molecule has 2 aliphatic rings. The number of piperidine rings is 1. The molecule has 0 bridgehead atoms. The highest BCUT2D eigenvalue weighted by molar-refractivity contribution is 5.74. The highest BCUT2D eigenvalue weighted by Gasteiger charge is 2.23. The van der Waals surface area contributed by atoms with Crippen molar-refractivity contribution in [2.24, 2.45) is 5.92 Å². The fourth-order valence-corrected chi connectivity index (χ4v) is 3.29. The van der Waals surface area contributed by atoms with Crippen LogP contribution in [0.5, 0.6) is 0 Å². The highest BCUT2D eigenvalue weighted by Crippen LogP contribution is 2.32. The molecule has 1 fully saturated rings. The number of amides is 2. The van der Waals surface area contributed by atoms with Gasteiger partial charge in [-0.05, 0) is 36.8 Å². The molecular weight excluding hydrogens is 262 g/mol. The lowest BCUT2D eigenvalue weighted by atomic mass is 9.98. The maximum absolute atomic E-state index is 12.1. The molecule has 1 saturated heterocycles. The standard InChI is InChI=1S/C17H25N3O/c1-13-7-10-20(11-8-13)17(21)18-9-6-14-12-19-16-5-3-2-4-15(14)16/h2-5,13-14,19H,6-12H2,1H3,(H,18,21). The van der Waals surface area contributed by atoms with Crippen molar-refractivity contribution < 1.29 is 4.79 Å². The number of nitrogens with zero attached hydrogens (tertiary/aromatic N) is 1. The zero-order valence-corrected chi connectivity index (χ0v) is 12.8. The van der Waals surface area contributed by atoms with E-state index in [0.29, 0.717) is 5.92 Å². The molecule has 2 amide bonds. The maximum Gasteiger partial charge on any atom is 0.317 e. The minimum atomic E-state index is 0.112. The average Bonchev–Trinajstić information content (AvgIpc) is 2.91. The summed E-state index contributed by atoms with van der Waals surface area (Å²) in [5, 5.41) is 6.52. The third kappa shape index (κ3) is 3.31. The number of rotatable bonds is 3. The molecule has 1 atom stereocenters. The summed E-state index contributed by atoms with van der Waals surface area (Å²) in [6.45, 7) is 5.81. The van der Waals surface area contributed by atoms with Crippen molar-refractivity contribution in [1.29, 1.82) is 0 Å². The molecule has 21 heavy (non-hydrogen) atoms. The monoisotopic (exact) mass is 287 g/mol. The van der Waals surface area contributed by atoms with Crippen LogP contribution in [0.3, 0.4) is 0 Å². The predicted molar refractivity (Wildman–Crippen MR) is 85.7 cm³/mol. The Kier molecular flexibility index (Phi) is 4.32. The number of fused-ring (bicyclic) bond motifs is 1. The second kappa shape index (κ2) is 6.37. The number of para-hydroxylation sites is 1. The molecular formula is C17H25N3O. The smallest absolute Gasteiger partial charge is 0.317 e. The molecule has 1 unspecified atom stereocenters. The van der Waals surface area contributed by atoms with Crippen molar-refractivity contribution in [3.63, 3.8) is 0 Å². The number of carbonyl (C=O) groups is 1. The molecule has 0 spiro atoms. The molecule has 0 saturated carbocycles. The van der Waals surface area contributed by atoms with E-state index in [-0.39, 0.29) is 6.03 Å². The summed E-state index contributed by atoms with van der Waals surface area (Å²) in [6, 6.07) is 8.58. The van der Waals surface area contributed by atoms with E-state index in [2.05, 4.69) is 41.8 Å². The van der Waals surface area contributed by atoms with Crippen molar-refractivity contribution in [2.45, 2.75) is 32.1 Å². The minimum Gasteiger partial charge on any atom is -0.384 e. The van der Waals surface area contributed by atoms with Gasteiger partial charge >= 0.3 is 6.03 Å². The van der Waals surface area contributed by atoms with Crippen LogP contribution in [0.1, 0.15) is 37.7 Å². The van der Waals surface area contributed by atoms with E-state index in [4.69, 9.17) is 0 Å². The minimum absolute atomic E-state index is 0.112. The lowest BCUT2D eigenvalue weighted by Crippen LogP contribution is -2.44. The van der Waals surface area contributed by atoms with Gasteiger partial charge in [-0.25, -0.2) is 4.79 Å². The Morgan fingerprint density at radius 1 is 1.33 bits per heavy atom. The molecule has 114 valence electrons. The van der Waals surface area contributed by atoms with Gasteiger partial charge in [0, 0.05) is 37.8 Å². The Labute approximate surface area is 126 Å². The van der Waals surface area contributed by atoms with Crippen LogP contribution in [0.15, 0.2) is 24.3 Å². The molecule has 2 heterocycles. The van der Waals surface area contributed by atoms with Crippen molar-refractivity contribution in [3.05, 3.63) is 29.8 Å². The first kappa shape index (κ1) is 14.2. The summed E-state index contributed by atoms with van der Waals surface area (Å²) in [4.78, 5) is 14.1. The summed E-state index contributed by atoms with van der Waals surface area (Å²) in [6.07, 6.45) is 3.26. The van der Waals surface area contributed by atoms with Crippen LogP contribution in [-0.2, 0) is 0 Å². The van der Waals surface area contributed by atoms with Gasteiger partial charge in [-0.1, -0.05) is 25.1 Å². The number of anilines is 1. The number of nitrogens with one attached hydrogen (secondary N) is 2. The molecule has 1 aromatic carbocycles. The number of urea groups is 1. The normalized spacial score (nSPS) is 21.8. The Bertz CT molecular complexity index is 495. The predicted octanol–water partition coefficient (Wildman–Crippen LogP) is 3.03.